The number of nitrogens with one attached hydrogen (secondary N) is 1. The standard InChI is InChI=1S/C26H21N5O3S/c32-25(27-26-29-28-24-16-7-8-17-30(24)26)21-12-9-15-23(18-21)35(33,34)31(22-13-5-2-6-14-22)19-20-10-3-1-4-11-20/h1-18H,19H2,(H,27,29,32). The van der Waals surface area contributed by atoms with E-state index in [9.17, 15) is 13.2 Å². The zero-order valence-electron chi connectivity index (χ0n) is 18.5. The average Bonchev–Trinajstić information content (AvgIpc) is 3.31. The van der Waals surface area contributed by atoms with Crippen LogP contribution in [0.25, 0.3) is 5.65 Å². The molecule has 2 aromatic heterocycles. The van der Waals surface area contributed by atoms with E-state index in [-0.39, 0.29) is 23.0 Å². The Morgan fingerprint density at radius 2 is 1.54 bits per heavy atom. The molecular formula is C26H21N5O3S. The van der Waals surface area contributed by atoms with Gasteiger partial charge in [-0.1, -0.05) is 60.7 Å². The number of hydrogen-bond donors (Lipinski definition) is 1. The van der Waals surface area contributed by atoms with Gasteiger partial charge in [0.25, 0.3) is 15.9 Å². The fourth-order valence-electron chi connectivity index (χ4n) is 3.68. The van der Waals surface area contributed by atoms with Gasteiger partial charge in [0.05, 0.1) is 17.1 Å². The van der Waals surface area contributed by atoms with Crippen molar-refractivity contribution in [3.63, 3.8) is 0 Å². The van der Waals surface area contributed by atoms with Crippen LogP contribution in [-0.2, 0) is 16.6 Å². The number of carbonyl (C=O) groups excluding carboxylic acids is 1. The number of anilines is 2. The Hall–Kier alpha value is -4.50. The lowest BCUT2D eigenvalue weighted by Gasteiger charge is -2.25. The molecule has 0 unspecified atom stereocenters. The van der Waals surface area contributed by atoms with Crippen LogP contribution in [0.2, 0.25) is 0 Å². The number of benzene rings is 3. The van der Waals surface area contributed by atoms with Crippen molar-refractivity contribution in [2.45, 2.75) is 11.4 Å². The fourth-order valence-corrected chi connectivity index (χ4v) is 5.18. The predicted octanol–water partition coefficient (Wildman–Crippen LogP) is 4.38. The molecule has 0 radical (unpaired) electrons. The zero-order valence-corrected chi connectivity index (χ0v) is 19.3. The van der Waals surface area contributed by atoms with Crippen molar-refractivity contribution < 1.29 is 13.2 Å². The summed E-state index contributed by atoms with van der Waals surface area (Å²) in [5, 5.41) is 10.7. The summed E-state index contributed by atoms with van der Waals surface area (Å²) in [6, 6.07) is 29.6. The molecule has 8 nitrogen and oxygen atoms in total. The lowest BCUT2D eigenvalue weighted by atomic mass is 10.2. The summed E-state index contributed by atoms with van der Waals surface area (Å²) in [7, 11) is -3.98. The van der Waals surface area contributed by atoms with Crippen LogP contribution in [-0.4, -0.2) is 28.9 Å². The summed E-state index contributed by atoms with van der Waals surface area (Å²) < 4.78 is 30.5. The van der Waals surface area contributed by atoms with E-state index in [0.717, 1.165) is 5.56 Å². The number of aromatic nitrogens is 3. The smallest absolute Gasteiger partial charge is 0.264 e. The van der Waals surface area contributed by atoms with E-state index in [2.05, 4.69) is 15.5 Å². The van der Waals surface area contributed by atoms with E-state index in [1.807, 2.05) is 42.5 Å². The number of carbonyl (C=O) groups is 1. The first-order chi connectivity index (χ1) is 17.0. The van der Waals surface area contributed by atoms with E-state index in [1.165, 1.54) is 16.4 Å². The third kappa shape index (κ3) is 4.62. The summed E-state index contributed by atoms with van der Waals surface area (Å²) in [5.41, 5.74) is 2.14. The zero-order chi connectivity index (χ0) is 24.3. The van der Waals surface area contributed by atoms with Gasteiger partial charge in [-0.2, -0.15) is 0 Å². The molecule has 1 amide bonds. The Kier molecular flexibility index (Phi) is 5.99. The Labute approximate surface area is 202 Å². The maximum Gasteiger partial charge on any atom is 0.264 e. The summed E-state index contributed by atoms with van der Waals surface area (Å²) in [6.07, 6.45) is 1.73. The van der Waals surface area contributed by atoms with Crippen molar-refractivity contribution in [2.24, 2.45) is 0 Å². The molecule has 0 aliphatic heterocycles. The van der Waals surface area contributed by atoms with Crippen LogP contribution < -0.4 is 9.62 Å². The molecule has 0 saturated heterocycles. The van der Waals surface area contributed by atoms with Crippen LogP contribution in [0.15, 0.2) is 114 Å². The molecule has 35 heavy (non-hydrogen) atoms. The van der Waals surface area contributed by atoms with Crippen molar-refractivity contribution in [3.05, 3.63) is 120 Å². The largest absolute Gasteiger partial charge is 0.290 e. The van der Waals surface area contributed by atoms with Gasteiger partial charge in [-0.25, -0.2) is 8.42 Å². The minimum Gasteiger partial charge on any atom is -0.290 e. The first-order valence-corrected chi connectivity index (χ1v) is 12.3. The van der Waals surface area contributed by atoms with Gasteiger partial charge in [0.1, 0.15) is 0 Å². The molecule has 174 valence electrons. The normalized spacial score (nSPS) is 11.3. The Morgan fingerprint density at radius 3 is 2.31 bits per heavy atom. The van der Waals surface area contributed by atoms with E-state index < -0.39 is 15.9 Å². The lowest BCUT2D eigenvalue weighted by molar-refractivity contribution is 0.102. The highest BCUT2D eigenvalue weighted by Gasteiger charge is 2.26. The SMILES string of the molecule is O=C(Nc1nnc2ccccn12)c1cccc(S(=O)(=O)N(Cc2ccccc2)c2ccccc2)c1. The molecule has 2 heterocycles. The Balaban J connectivity index is 1.47. The summed E-state index contributed by atoms with van der Waals surface area (Å²) in [4.78, 5) is 13.0. The molecular weight excluding hydrogens is 462 g/mol. The lowest BCUT2D eigenvalue weighted by Crippen LogP contribution is -2.30. The van der Waals surface area contributed by atoms with Gasteiger partial charge >= 0.3 is 0 Å². The molecule has 0 atom stereocenters. The molecule has 5 rings (SSSR count). The third-order valence-electron chi connectivity index (χ3n) is 5.44. The average molecular weight is 484 g/mol. The third-order valence-corrected chi connectivity index (χ3v) is 7.21. The van der Waals surface area contributed by atoms with Crippen LogP contribution in [0, 0.1) is 0 Å². The molecule has 1 N–H and O–H groups in total. The number of nitrogens with zero attached hydrogens (tertiary/aromatic N) is 4. The van der Waals surface area contributed by atoms with Gasteiger partial charge in [0.15, 0.2) is 5.65 Å². The number of fused-ring (bicyclic) bond motifs is 1. The number of hydrogen-bond acceptors (Lipinski definition) is 5. The number of sulfonamides is 1. The minimum absolute atomic E-state index is 0.0102. The number of rotatable bonds is 7. The molecule has 0 aliphatic carbocycles. The van der Waals surface area contributed by atoms with Gasteiger partial charge in [0.2, 0.25) is 5.95 Å². The van der Waals surface area contributed by atoms with Crippen molar-refractivity contribution in [1.29, 1.82) is 0 Å². The second-order valence-corrected chi connectivity index (χ2v) is 9.63. The van der Waals surface area contributed by atoms with E-state index in [1.54, 1.807) is 59.1 Å². The molecule has 5 aromatic rings. The quantitative estimate of drug-likeness (QED) is 0.371. The van der Waals surface area contributed by atoms with Crippen LogP contribution >= 0.6 is 0 Å². The highest BCUT2D eigenvalue weighted by atomic mass is 32.2. The summed E-state index contributed by atoms with van der Waals surface area (Å²) in [6.45, 7) is 0.148. The van der Waals surface area contributed by atoms with Crippen molar-refractivity contribution >= 4 is 33.2 Å². The first kappa shape index (κ1) is 22.3. The molecule has 0 aliphatic rings. The summed E-state index contributed by atoms with van der Waals surface area (Å²) in [5.74, 6) is -0.247. The van der Waals surface area contributed by atoms with Crippen LogP contribution in [0.1, 0.15) is 15.9 Å². The monoisotopic (exact) mass is 483 g/mol. The van der Waals surface area contributed by atoms with Crippen molar-refractivity contribution in [2.75, 3.05) is 9.62 Å². The first-order valence-electron chi connectivity index (χ1n) is 10.9. The molecule has 0 spiro atoms. The molecule has 0 bridgehead atoms. The van der Waals surface area contributed by atoms with E-state index in [4.69, 9.17) is 0 Å². The molecule has 9 heteroatoms. The van der Waals surface area contributed by atoms with Crippen LogP contribution in [0.4, 0.5) is 11.6 Å². The Morgan fingerprint density at radius 1 is 0.829 bits per heavy atom. The van der Waals surface area contributed by atoms with Crippen molar-refractivity contribution in [3.8, 4) is 0 Å². The highest BCUT2D eigenvalue weighted by Crippen LogP contribution is 2.26. The van der Waals surface area contributed by atoms with Gasteiger partial charge in [0, 0.05) is 11.8 Å². The number of pyridine rings is 1. The number of para-hydroxylation sites is 1. The summed E-state index contributed by atoms with van der Waals surface area (Å²) >= 11 is 0. The predicted molar refractivity (Wildman–Crippen MR) is 134 cm³/mol. The topological polar surface area (TPSA) is 96.7 Å². The van der Waals surface area contributed by atoms with Crippen molar-refractivity contribution in [1.82, 2.24) is 14.6 Å². The molecule has 0 fully saturated rings. The van der Waals surface area contributed by atoms with Crippen LogP contribution in [0.5, 0.6) is 0 Å². The second kappa shape index (κ2) is 9.40. The maximum atomic E-state index is 13.8. The second-order valence-electron chi connectivity index (χ2n) is 7.77. The maximum absolute atomic E-state index is 13.8. The van der Waals surface area contributed by atoms with Gasteiger partial charge < -0.3 is 0 Å². The molecule has 3 aromatic carbocycles. The van der Waals surface area contributed by atoms with E-state index in [0.29, 0.717) is 11.3 Å². The molecule has 0 saturated carbocycles. The minimum atomic E-state index is -3.98. The van der Waals surface area contributed by atoms with Gasteiger partial charge in [-0.15, -0.1) is 10.2 Å². The highest BCUT2D eigenvalue weighted by molar-refractivity contribution is 7.92. The Bertz CT molecular complexity index is 1590. The number of amides is 1. The van der Waals surface area contributed by atoms with Crippen LogP contribution in [0.3, 0.4) is 0 Å². The van der Waals surface area contributed by atoms with Gasteiger partial charge in [-0.05, 0) is 48.0 Å². The van der Waals surface area contributed by atoms with Gasteiger partial charge in [-0.3, -0.25) is 18.8 Å². The fraction of sp³-hybridized carbons (Fsp3) is 0.0385. The van der Waals surface area contributed by atoms with E-state index >= 15 is 0 Å².